The summed E-state index contributed by atoms with van der Waals surface area (Å²) in [6.45, 7) is 0.362. The highest BCUT2D eigenvalue weighted by Crippen LogP contribution is 2.22. The molecule has 1 heterocycles. The van der Waals surface area contributed by atoms with E-state index in [0.29, 0.717) is 6.54 Å². The maximum absolute atomic E-state index is 11.8. The first-order chi connectivity index (χ1) is 9.08. The quantitative estimate of drug-likeness (QED) is 0.501. The fraction of sp³-hybridized carbons (Fsp3) is 0.0909. The summed E-state index contributed by atoms with van der Waals surface area (Å²) in [5.74, 6) is -0.338. The Morgan fingerprint density at radius 2 is 2.32 bits per heavy atom. The third-order valence-electron chi connectivity index (χ3n) is 2.39. The van der Waals surface area contributed by atoms with Crippen LogP contribution in [0.25, 0.3) is 0 Å². The van der Waals surface area contributed by atoms with Crippen LogP contribution in [0.1, 0.15) is 15.2 Å². The molecule has 0 aliphatic heterocycles. The minimum atomic E-state index is -0.589. The summed E-state index contributed by atoms with van der Waals surface area (Å²) < 4.78 is 0. The Morgan fingerprint density at radius 3 is 2.89 bits per heavy atom. The van der Waals surface area contributed by atoms with Crippen molar-refractivity contribution in [2.75, 3.05) is 5.73 Å². The molecule has 1 aromatic carbocycles. The number of nitrogen functional groups attached to an aromatic ring is 1. The summed E-state index contributed by atoms with van der Waals surface area (Å²) in [6.07, 6.45) is 1.66. The third-order valence-corrected chi connectivity index (χ3v) is 3.17. The molecule has 3 N–H and O–H groups in total. The van der Waals surface area contributed by atoms with Gasteiger partial charge in [0.15, 0.2) is 0 Å². The zero-order valence-electron chi connectivity index (χ0n) is 9.70. The van der Waals surface area contributed by atoms with Crippen LogP contribution >= 0.6 is 11.3 Å². The second kappa shape index (κ2) is 5.44. The van der Waals surface area contributed by atoms with E-state index in [0.717, 1.165) is 4.88 Å². The van der Waals surface area contributed by atoms with Gasteiger partial charge in [0.25, 0.3) is 11.6 Å². The summed E-state index contributed by atoms with van der Waals surface area (Å²) in [7, 11) is 0. The van der Waals surface area contributed by atoms with Crippen molar-refractivity contribution in [2.24, 2.45) is 0 Å². The first kappa shape index (κ1) is 13.0. The molecule has 19 heavy (non-hydrogen) atoms. The van der Waals surface area contributed by atoms with Gasteiger partial charge in [-0.25, -0.2) is 0 Å². The van der Waals surface area contributed by atoms with Gasteiger partial charge >= 0.3 is 0 Å². The van der Waals surface area contributed by atoms with Gasteiger partial charge in [0.1, 0.15) is 5.69 Å². The molecule has 1 amide bonds. The molecule has 1 aromatic heterocycles. The predicted octanol–water partition coefficient (Wildman–Crippen LogP) is 1.56. The van der Waals surface area contributed by atoms with E-state index < -0.39 is 4.92 Å². The third kappa shape index (κ3) is 3.05. The van der Waals surface area contributed by atoms with Gasteiger partial charge in [-0.15, -0.1) is 11.3 Å². The molecule has 7 nitrogen and oxygen atoms in total. The predicted molar refractivity (Wildman–Crippen MR) is 70.8 cm³/mol. The average Bonchev–Trinajstić information content (AvgIpc) is 2.88. The number of nitrogens with zero attached hydrogens (tertiary/aromatic N) is 2. The first-order valence-corrected chi connectivity index (χ1v) is 6.15. The van der Waals surface area contributed by atoms with E-state index in [-0.39, 0.29) is 22.8 Å². The van der Waals surface area contributed by atoms with Crippen molar-refractivity contribution >= 4 is 28.6 Å². The van der Waals surface area contributed by atoms with Gasteiger partial charge in [-0.05, 0) is 12.1 Å². The standard InChI is InChI=1S/C11H10N4O3S/c12-9-3-7(1-2-10(9)15(17)18)11(16)14-5-8-4-13-6-19-8/h1-4,6H,5,12H2,(H,14,16). The molecule has 0 aliphatic carbocycles. The summed E-state index contributed by atoms with van der Waals surface area (Å²) in [6, 6.07) is 3.88. The number of nitrogens with one attached hydrogen (secondary N) is 1. The number of nitro groups is 1. The molecule has 0 saturated carbocycles. The number of anilines is 1. The zero-order chi connectivity index (χ0) is 13.8. The highest BCUT2D eigenvalue weighted by atomic mass is 32.1. The maximum atomic E-state index is 11.8. The molecule has 0 bridgehead atoms. The average molecular weight is 278 g/mol. The number of amides is 1. The molecule has 2 rings (SSSR count). The number of hydrogen-bond acceptors (Lipinski definition) is 6. The van der Waals surface area contributed by atoms with E-state index in [1.165, 1.54) is 29.5 Å². The normalized spacial score (nSPS) is 10.1. The van der Waals surface area contributed by atoms with E-state index in [1.54, 1.807) is 11.7 Å². The smallest absolute Gasteiger partial charge is 0.292 e. The van der Waals surface area contributed by atoms with Crippen LogP contribution < -0.4 is 11.1 Å². The van der Waals surface area contributed by atoms with Gasteiger partial charge < -0.3 is 11.1 Å². The first-order valence-electron chi connectivity index (χ1n) is 5.27. The molecule has 8 heteroatoms. The number of hydrogen-bond donors (Lipinski definition) is 2. The molecule has 0 unspecified atom stereocenters. The Hall–Kier alpha value is -2.48. The summed E-state index contributed by atoms with van der Waals surface area (Å²) >= 11 is 1.43. The van der Waals surface area contributed by atoms with Gasteiger partial charge in [-0.3, -0.25) is 19.9 Å². The van der Waals surface area contributed by atoms with Crippen molar-refractivity contribution in [3.8, 4) is 0 Å². The lowest BCUT2D eigenvalue weighted by atomic mass is 10.1. The number of carbonyl (C=O) groups is 1. The van der Waals surface area contributed by atoms with E-state index in [9.17, 15) is 14.9 Å². The van der Waals surface area contributed by atoms with Gasteiger partial charge in [-0.1, -0.05) is 0 Å². The number of rotatable bonds is 4. The minimum absolute atomic E-state index is 0.0320. The molecule has 0 aliphatic rings. The molecule has 0 saturated heterocycles. The van der Waals surface area contributed by atoms with Crippen molar-refractivity contribution in [1.82, 2.24) is 10.3 Å². The molecular formula is C11H10N4O3S. The van der Waals surface area contributed by atoms with Gasteiger partial charge in [0.05, 0.1) is 17.0 Å². The lowest BCUT2D eigenvalue weighted by Crippen LogP contribution is -2.22. The number of nitrogens with two attached hydrogens (primary N) is 1. The Balaban J connectivity index is 2.07. The highest BCUT2D eigenvalue weighted by molar-refractivity contribution is 7.09. The monoisotopic (exact) mass is 278 g/mol. The lowest BCUT2D eigenvalue weighted by molar-refractivity contribution is -0.383. The second-order valence-electron chi connectivity index (χ2n) is 3.68. The van der Waals surface area contributed by atoms with E-state index in [4.69, 9.17) is 5.73 Å². The van der Waals surface area contributed by atoms with Crippen LogP contribution in [0.4, 0.5) is 11.4 Å². The Labute approximate surface area is 112 Å². The molecular weight excluding hydrogens is 268 g/mol. The molecule has 0 fully saturated rings. The summed E-state index contributed by atoms with van der Waals surface area (Å²) in [5, 5.41) is 13.3. The number of carbonyl (C=O) groups excluding carboxylic acids is 1. The van der Waals surface area contributed by atoms with Gasteiger partial charge in [0, 0.05) is 22.7 Å². The SMILES string of the molecule is Nc1cc(C(=O)NCc2cncs2)ccc1[N+](=O)[O-]. The summed E-state index contributed by atoms with van der Waals surface area (Å²) in [5.41, 5.74) is 7.24. The minimum Gasteiger partial charge on any atom is -0.393 e. The van der Waals surface area contributed by atoms with Crippen molar-refractivity contribution < 1.29 is 9.72 Å². The number of thiazole rings is 1. The van der Waals surface area contributed by atoms with Crippen LogP contribution in [0.3, 0.4) is 0 Å². The van der Waals surface area contributed by atoms with Gasteiger partial charge in [0.2, 0.25) is 0 Å². The van der Waals surface area contributed by atoms with E-state index in [2.05, 4.69) is 10.3 Å². The molecule has 2 aromatic rings. The van der Waals surface area contributed by atoms with Crippen molar-refractivity contribution in [1.29, 1.82) is 0 Å². The van der Waals surface area contributed by atoms with Crippen LogP contribution in [-0.4, -0.2) is 15.8 Å². The van der Waals surface area contributed by atoms with Gasteiger partial charge in [-0.2, -0.15) is 0 Å². The van der Waals surface area contributed by atoms with Crippen LogP contribution in [0, 0.1) is 10.1 Å². The Bertz CT molecular complexity index is 612. The second-order valence-corrected chi connectivity index (χ2v) is 4.65. The van der Waals surface area contributed by atoms with Crippen molar-refractivity contribution in [3.05, 3.63) is 50.5 Å². The van der Waals surface area contributed by atoms with Crippen LogP contribution in [0.15, 0.2) is 29.9 Å². The van der Waals surface area contributed by atoms with Crippen LogP contribution in [0.2, 0.25) is 0 Å². The Morgan fingerprint density at radius 1 is 1.53 bits per heavy atom. The number of aromatic nitrogens is 1. The zero-order valence-corrected chi connectivity index (χ0v) is 10.5. The highest BCUT2D eigenvalue weighted by Gasteiger charge is 2.14. The molecule has 0 radical (unpaired) electrons. The van der Waals surface area contributed by atoms with Crippen molar-refractivity contribution in [3.63, 3.8) is 0 Å². The lowest BCUT2D eigenvalue weighted by Gasteiger charge is -2.04. The fourth-order valence-electron chi connectivity index (χ4n) is 1.46. The maximum Gasteiger partial charge on any atom is 0.292 e. The van der Waals surface area contributed by atoms with Crippen LogP contribution in [0.5, 0.6) is 0 Å². The summed E-state index contributed by atoms with van der Waals surface area (Å²) in [4.78, 5) is 26.6. The van der Waals surface area contributed by atoms with E-state index in [1.807, 2.05) is 0 Å². The van der Waals surface area contributed by atoms with E-state index >= 15 is 0 Å². The molecule has 0 atom stereocenters. The largest absolute Gasteiger partial charge is 0.393 e. The van der Waals surface area contributed by atoms with Crippen LogP contribution in [-0.2, 0) is 6.54 Å². The topological polar surface area (TPSA) is 111 Å². The Kier molecular flexibility index (Phi) is 3.71. The fourth-order valence-corrected chi connectivity index (χ4v) is 2.00. The number of nitro benzene ring substituents is 1. The molecule has 0 spiro atoms. The number of benzene rings is 1. The van der Waals surface area contributed by atoms with Crippen molar-refractivity contribution in [2.45, 2.75) is 6.54 Å². The molecule has 98 valence electrons.